The van der Waals surface area contributed by atoms with E-state index >= 15 is 0 Å². The third-order valence-corrected chi connectivity index (χ3v) is 1.32. The number of amides is 2. The molecule has 0 aliphatic heterocycles. The Morgan fingerprint density at radius 2 is 2.31 bits per heavy atom. The number of nitrogens with one attached hydrogen (secondary N) is 2. The van der Waals surface area contributed by atoms with Crippen LogP contribution in [-0.4, -0.2) is 38.5 Å². The second kappa shape index (κ2) is 3.61. The molecular weight excluding hydrogens is 176 g/mol. The number of H-pyrrole nitrogens is 1. The van der Waals surface area contributed by atoms with Crippen molar-refractivity contribution in [2.45, 2.75) is 13.0 Å². The number of rotatable bonds is 3. The molecule has 0 aliphatic rings. The summed E-state index contributed by atoms with van der Waals surface area (Å²) < 4.78 is 0. The van der Waals surface area contributed by atoms with Crippen LogP contribution in [0.25, 0.3) is 0 Å². The van der Waals surface area contributed by atoms with Crippen molar-refractivity contribution in [3.8, 4) is 0 Å². The summed E-state index contributed by atoms with van der Waals surface area (Å²) in [6.07, 6.45) is 0. The zero-order chi connectivity index (χ0) is 9.84. The van der Waals surface area contributed by atoms with E-state index in [-0.39, 0.29) is 5.82 Å². The van der Waals surface area contributed by atoms with E-state index in [1.165, 1.54) is 6.92 Å². The van der Waals surface area contributed by atoms with Crippen LogP contribution in [0.1, 0.15) is 17.5 Å². The maximum Gasteiger partial charge on any atom is 0.293 e. The number of carbonyl (C=O) groups is 2. The van der Waals surface area contributed by atoms with Gasteiger partial charge in [-0.25, -0.2) is 0 Å². The standard InChI is InChI=1S/C5H8N6O2/c1-2(3(6)12)7-5(13)4-8-10-11-9-4/h2H,1H3,(H2,6,12)(H,7,13)(H,8,9,10,11). The normalized spacial score (nSPS) is 12.1. The molecule has 1 aromatic heterocycles. The Kier molecular flexibility index (Phi) is 2.52. The molecule has 8 nitrogen and oxygen atoms in total. The van der Waals surface area contributed by atoms with E-state index in [0.29, 0.717) is 0 Å². The van der Waals surface area contributed by atoms with Gasteiger partial charge in [0, 0.05) is 0 Å². The fourth-order valence-corrected chi connectivity index (χ4v) is 0.590. The first-order chi connectivity index (χ1) is 6.11. The number of carbonyl (C=O) groups excluding carboxylic acids is 2. The number of nitrogens with zero attached hydrogens (tertiary/aromatic N) is 3. The Morgan fingerprint density at radius 1 is 1.62 bits per heavy atom. The number of aromatic amines is 1. The summed E-state index contributed by atoms with van der Waals surface area (Å²) >= 11 is 0. The van der Waals surface area contributed by atoms with Crippen LogP contribution in [0.15, 0.2) is 0 Å². The maximum absolute atomic E-state index is 11.1. The minimum absolute atomic E-state index is 0.131. The molecule has 0 spiro atoms. The molecule has 1 aromatic rings. The number of tetrazole rings is 1. The highest BCUT2D eigenvalue weighted by Crippen LogP contribution is 1.86. The predicted molar refractivity (Wildman–Crippen MR) is 40.3 cm³/mol. The van der Waals surface area contributed by atoms with Gasteiger partial charge in [-0.3, -0.25) is 9.59 Å². The molecular formula is C5H8N6O2. The van der Waals surface area contributed by atoms with Crippen LogP contribution >= 0.6 is 0 Å². The van der Waals surface area contributed by atoms with Crippen molar-refractivity contribution in [2.24, 2.45) is 5.73 Å². The van der Waals surface area contributed by atoms with Gasteiger partial charge < -0.3 is 11.1 Å². The van der Waals surface area contributed by atoms with E-state index in [4.69, 9.17) is 5.73 Å². The van der Waals surface area contributed by atoms with Crippen LogP contribution in [0.4, 0.5) is 0 Å². The number of primary amides is 1. The molecule has 0 radical (unpaired) electrons. The highest BCUT2D eigenvalue weighted by molar-refractivity contribution is 5.93. The van der Waals surface area contributed by atoms with Crippen LogP contribution in [0, 0.1) is 0 Å². The molecule has 0 bridgehead atoms. The lowest BCUT2D eigenvalue weighted by Crippen LogP contribution is -2.42. The Bertz CT molecular complexity index is 307. The average Bonchev–Trinajstić information content (AvgIpc) is 2.55. The lowest BCUT2D eigenvalue weighted by atomic mass is 10.3. The fraction of sp³-hybridized carbons (Fsp3) is 0.400. The van der Waals surface area contributed by atoms with Crippen LogP contribution in [0.2, 0.25) is 0 Å². The van der Waals surface area contributed by atoms with E-state index in [2.05, 4.69) is 25.9 Å². The Morgan fingerprint density at radius 3 is 2.77 bits per heavy atom. The van der Waals surface area contributed by atoms with Gasteiger partial charge in [-0.05, 0) is 12.1 Å². The quantitative estimate of drug-likeness (QED) is 0.491. The first kappa shape index (κ1) is 9.10. The molecule has 0 saturated carbocycles. The smallest absolute Gasteiger partial charge is 0.293 e. The molecule has 0 aromatic carbocycles. The molecule has 2 amide bonds. The van der Waals surface area contributed by atoms with E-state index in [9.17, 15) is 9.59 Å². The highest BCUT2D eigenvalue weighted by atomic mass is 16.2. The van der Waals surface area contributed by atoms with Crippen molar-refractivity contribution in [2.75, 3.05) is 0 Å². The number of hydrogen-bond donors (Lipinski definition) is 3. The Hall–Kier alpha value is -1.99. The molecule has 1 atom stereocenters. The molecule has 0 aliphatic carbocycles. The molecule has 8 heteroatoms. The first-order valence-electron chi connectivity index (χ1n) is 3.45. The Balaban J connectivity index is 2.56. The Labute approximate surface area is 72.9 Å². The lowest BCUT2D eigenvalue weighted by molar-refractivity contribution is -0.119. The first-order valence-corrected chi connectivity index (χ1v) is 3.45. The summed E-state index contributed by atoms with van der Waals surface area (Å²) in [6.45, 7) is 1.46. The van der Waals surface area contributed by atoms with E-state index in [1.807, 2.05) is 0 Å². The van der Waals surface area contributed by atoms with E-state index in [0.717, 1.165) is 0 Å². The maximum atomic E-state index is 11.1. The summed E-state index contributed by atoms with van der Waals surface area (Å²) in [6, 6.07) is -0.758. The van der Waals surface area contributed by atoms with Gasteiger partial charge in [-0.15, -0.1) is 10.2 Å². The van der Waals surface area contributed by atoms with Gasteiger partial charge in [0.05, 0.1) is 0 Å². The summed E-state index contributed by atoms with van der Waals surface area (Å²) in [5.74, 6) is -1.36. The predicted octanol–water partition coefficient (Wildman–Crippen LogP) is -2.20. The average molecular weight is 184 g/mol. The van der Waals surface area contributed by atoms with Crippen molar-refractivity contribution in [3.05, 3.63) is 5.82 Å². The highest BCUT2D eigenvalue weighted by Gasteiger charge is 2.16. The third-order valence-electron chi connectivity index (χ3n) is 1.32. The number of aromatic nitrogens is 4. The van der Waals surface area contributed by atoms with Crippen molar-refractivity contribution in [3.63, 3.8) is 0 Å². The van der Waals surface area contributed by atoms with Crippen LogP contribution in [0.5, 0.6) is 0 Å². The largest absolute Gasteiger partial charge is 0.368 e. The zero-order valence-corrected chi connectivity index (χ0v) is 6.81. The van der Waals surface area contributed by atoms with Crippen molar-refractivity contribution < 1.29 is 9.59 Å². The van der Waals surface area contributed by atoms with Crippen molar-refractivity contribution in [1.82, 2.24) is 25.9 Å². The fourth-order valence-electron chi connectivity index (χ4n) is 0.590. The van der Waals surface area contributed by atoms with Gasteiger partial charge in [-0.1, -0.05) is 0 Å². The summed E-state index contributed by atoms with van der Waals surface area (Å²) in [5, 5.41) is 14.4. The molecule has 1 heterocycles. The minimum atomic E-state index is -0.758. The third kappa shape index (κ3) is 2.22. The SMILES string of the molecule is CC(NC(=O)c1nn[nH]n1)C(N)=O. The second-order valence-corrected chi connectivity index (χ2v) is 2.33. The van der Waals surface area contributed by atoms with E-state index < -0.39 is 17.9 Å². The molecule has 13 heavy (non-hydrogen) atoms. The van der Waals surface area contributed by atoms with Gasteiger partial charge in [0.15, 0.2) is 0 Å². The monoisotopic (exact) mass is 184 g/mol. The van der Waals surface area contributed by atoms with Crippen LogP contribution in [-0.2, 0) is 4.79 Å². The van der Waals surface area contributed by atoms with Gasteiger partial charge >= 0.3 is 0 Å². The lowest BCUT2D eigenvalue weighted by Gasteiger charge is -2.06. The molecule has 70 valence electrons. The molecule has 4 N–H and O–H groups in total. The topological polar surface area (TPSA) is 127 Å². The molecule has 1 rings (SSSR count). The molecule has 0 fully saturated rings. The van der Waals surface area contributed by atoms with Gasteiger partial charge in [0.2, 0.25) is 5.91 Å². The van der Waals surface area contributed by atoms with Crippen molar-refractivity contribution in [1.29, 1.82) is 0 Å². The second-order valence-electron chi connectivity index (χ2n) is 2.33. The van der Waals surface area contributed by atoms with Gasteiger partial charge in [0.25, 0.3) is 11.7 Å². The van der Waals surface area contributed by atoms with Crippen LogP contribution < -0.4 is 11.1 Å². The van der Waals surface area contributed by atoms with E-state index in [1.54, 1.807) is 0 Å². The van der Waals surface area contributed by atoms with Crippen LogP contribution in [0.3, 0.4) is 0 Å². The van der Waals surface area contributed by atoms with Crippen molar-refractivity contribution >= 4 is 11.8 Å². The zero-order valence-electron chi connectivity index (χ0n) is 6.81. The number of nitrogens with two attached hydrogens (primary N) is 1. The minimum Gasteiger partial charge on any atom is -0.368 e. The summed E-state index contributed by atoms with van der Waals surface area (Å²) in [4.78, 5) is 21.7. The molecule has 1 unspecified atom stereocenters. The summed E-state index contributed by atoms with van der Waals surface area (Å²) in [5.41, 5.74) is 4.92. The number of hydrogen-bond acceptors (Lipinski definition) is 5. The van der Waals surface area contributed by atoms with Gasteiger partial charge in [0.1, 0.15) is 6.04 Å². The van der Waals surface area contributed by atoms with Gasteiger partial charge in [-0.2, -0.15) is 5.21 Å². The molecule has 0 saturated heterocycles. The summed E-state index contributed by atoms with van der Waals surface area (Å²) in [7, 11) is 0.